The van der Waals surface area contributed by atoms with Gasteiger partial charge in [-0.05, 0) is 26.0 Å². The summed E-state index contributed by atoms with van der Waals surface area (Å²) in [7, 11) is 1.47. The number of benzene rings is 1. The van der Waals surface area contributed by atoms with Gasteiger partial charge in [-0.2, -0.15) is 4.79 Å². The quantitative estimate of drug-likeness (QED) is 0.607. The first-order valence-corrected chi connectivity index (χ1v) is 7.99. The first-order chi connectivity index (χ1) is 12.2. The van der Waals surface area contributed by atoms with Gasteiger partial charge in [-0.15, -0.1) is 0 Å². The van der Waals surface area contributed by atoms with Crippen LogP contribution in [0.15, 0.2) is 53.6 Å². The molecule has 7 nitrogen and oxygen atoms in total. The standard InChI is InChI=1S/C18H21N3O4/c1-4-24-14-11-13(21-19)16(25-5-2)15(17(14)23-3)20-18(22)12-9-7-6-8-10-12/h6-11,16H,4-5H2,1-3H3,(H,20,22). The molecule has 0 bridgehead atoms. The second-order valence-electron chi connectivity index (χ2n) is 5.07. The van der Waals surface area contributed by atoms with E-state index in [4.69, 9.17) is 14.2 Å². The van der Waals surface area contributed by atoms with Gasteiger partial charge in [-0.3, -0.25) is 4.79 Å². The molecule has 0 saturated heterocycles. The van der Waals surface area contributed by atoms with Crippen LogP contribution in [0.3, 0.4) is 0 Å². The van der Waals surface area contributed by atoms with Crippen LogP contribution in [0.2, 0.25) is 0 Å². The molecule has 0 radical (unpaired) electrons. The van der Waals surface area contributed by atoms with Gasteiger partial charge in [0.25, 0.3) is 5.91 Å². The van der Waals surface area contributed by atoms with Gasteiger partial charge in [-0.25, -0.2) is 0 Å². The van der Waals surface area contributed by atoms with Crippen molar-refractivity contribution in [2.75, 3.05) is 20.3 Å². The highest BCUT2D eigenvalue weighted by molar-refractivity contribution is 6.01. The van der Waals surface area contributed by atoms with Crippen molar-refractivity contribution in [3.05, 3.63) is 64.7 Å². The van der Waals surface area contributed by atoms with Crippen LogP contribution in [-0.2, 0) is 14.2 Å². The lowest BCUT2D eigenvalue weighted by molar-refractivity contribution is -0.0251. The average molecular weight is 343 g/mol. The lowest BCUT2D eigenvalue weighted by atomic mass is 10.0. The Labute approximate surface area is 146 Å². The molecular weight excluding hydrogens is 322 g/mol. The molecule has 0 aromatic heterocycles. The number of methoxy groups -OCH3 is 1. The Hall–Kier alpha value is -2.89. The fourth-order valence-corrected chi connectivity index (χ4v) is 2.47. The largest absolute Gasteiger partial charge is 0.491 e. The minimum Gasteiger partial charge on any atom is -0.491 e. The molecule has 1 aliphatic carbocycles. The molecule has 0 spiro atoms. The molecule has 2 rings (SSSR count). The maximum atomic E-state index is 12.6. The van der Waals surface area contributed by atoms with Gasteiger partial charge in [0.15, 0.2) is 11.5 Å². The van der Waals surface area contributed by atoms with Gasteiger partial charge in [-0.1, -0.05) is 18.2 Å². The second kappa shape index (κ2) is 8.82. The van der Waals surface area contributed by atoms with Crippen LogP contribution >= 0.6 is 0 Å². The zero-order valence-electron chi connectivity index (χ0n) is 14.5. The van der Waals surface area contributed by atoms with Crippen LogP contribution in [0.5, 0.6) is 0 Å². The first kappa shape index (κ1) is 18.4. The van der Waals surface area contributed by atoms with Gasteiger partial charge in [0, 0.05) is 12.2 Å². The van der Waals surface area contributed by atoms with E-state index in [0.717, 1.165) is 0 Å². The third kappa shape index (κ3) is 4.15. The van der Waals surface area contributed by atoms with Crippen molar-refractivity contribution in [3.63, 3.8) is 0 Å². The number of nitrogens with one attached hydrogen (secondary N) is 1. The van der Waals surface area contributed by atoms with Crippen LogP contribution in [0, 0.1) is 0 Å². The number of amides is 1. The summed E-state index contributed by atoms with van der Waals surface area (Å²) >= 11 is 0. The van der Waals surface area contributed by atoms with Gasteiger partial charge in [0.2, 0.25) is 6.10 Å². The predicted octanol–water partition coefficient (Wildman–Crippen LogP) is 2.28. The molecule has 0 saturated carbocycles. The fourth-order valence-electron chi connectivity index (χ4n) is 2.47. The summed E-state index contributed by atoms with van der Waals surface area (Å²) in [6.07, 6.45) is 0.753. The summed E-state index contributed by atoms with van der Waals surface area (Å²) in [5.74, 6) is 0.360. The summed E-state index contributed by atoms with van der Waals surface area (Å²) in [4.78, 5) is 15.8. The van der Waals surface area contributed by atoms with E-state index in [1.807, 2.05) is 13.0 Å². The van der Waals surface area contributed by atoms with E-state index in [2.05, 4.69) is 10.1 Å². The molecule has 1 amide bonds. The number of nitrogens with zero attached hydrogens (tertiary/aromatic N) is 2. The van der Waals surface area contributed by atoms with E-state index in [1.165, 1.54) is 13.2 Å². The summed E-state index contributed by atoms with van der Waals surface area (Å²) in [6, 6.07) is 8.76. The molecule has 0 fully saturated rings. The zero-order chi connectivity index (χ0) is 18.2. The van der Waals surface area contributed by atoms with Crippen LogP contribution in [0.25, 0.3) is 5.53 Å². The average Bonchev–Trinajstić information content (AvgIpc) is 2.64. The lowest BCUT2D eigenvalue weighted by Crippen LogP contribution is -2.40. The molecule has 25 heavy (non-hydrogen) atoms. The molecule has 1 unspecified atom stereocenters. The van der Waals surface area contributed by atoms with E-state index in [1.54, 1.807) is 31.2 Å². The number of carbonyl (C=O) groups excluding carboxylic acids is 1. The second-order valence-corrected chi connectivity index (χ2v) is 5.07. The summed E-state index contributed by atoms with van der Waals surface area (Å²) in [6.45, 7) is 4.36. The van der Waals surface area contributed by atoms with E-state index in [9.17, 15) is 10.3 Å². The SMILES string of the molecule is CCOC1=CC(=[N+]=[N-])C(OCC)C(NC(=O)c2ccccc2)=C1OC. The molecule has 1 aliphatic rings. The minimum atomic E-state index is -0.776. The maximum absolute atomic E-state index is 12.6. The third-order valence-electron chi connectivity index (χ3n) is 3.52. The lowest BCUT2D eigenvalue weighted by Gasteiger charge is -2.25. The van der Waals surface area contributed by atoms with Gasteiger partial charge >= 0.3 is 5.71 Å². The van der Waals surface area contributed by atoms with Crippen LogP contribution in [-0.4, -0.2) is 42.8 Å². The number of hydrogen-bond donors (Lipinski definition) is 1. The van der Waals surface area contributed by atoms with E-state index < -0.39 is 6.10 Å². The Kier molecular flexibility index (Phi) is 6.51. The molecule has 132 valence electrons. The van der Waals surface area contributed by atoms with E-state index in [0.29, 0.717) is 36.0 Å². The molecular formula is C18H21N3O4. The van der Waals surface area contributed by atoms with Crippen molar-refractivity contribution in [2.45, 2.75) is 20.0 Å². The van der Waals surface area contributed by atoms with E-state index in [-0.39, 0.29) is 11.6 Å². The Bertz CT molecular complexity index is 734. The highest BCUT2D eigenvalue weighted by atomic mass is 16.5. The molecule has 1 aromatic carbocycles. The highest BCUT2D eigenvalue weighted by Crippen LogP contribution is 2.26. The maximum Gasteiger partial charge on any atom is 0.330 e. The van der Waals surface area contributed by atoms with Crippen molar-refractivity contribution in [1.82, 2.24) is 5.32 Å². The van der Waals surface area contributed by atoms with Gasteiger partial charge < -0.3 is 25.1 Å². The first-order valence-electron chi connectivity index (χ1n) is 7.99. The molecule has 1 atom stereocenters. The van der Waals surface area contributed by atoms with Crippen molar-refractivity contribution in [2.24, 2.45) is 0 Å². The van der Waals surface area contributed by atoms with Crippen molar-refractivity contribution in [1.29, 1.82) is 0 Å². The predicted molar refractivity (Wildman–Crippen MR) is 91.7 cm³/mol. The molecule has 0 heterocycles. The molecule has 1 aromatic rings. The number of rotatable bonds is 7. The number of carbonyl (C=O) groups is 1. The van der Waals surface area contributed by atoms with Crippen LogP contribution in [0.1, 0.15) is 24.2 Å². The van der Waals surface area contributed by atoms with Gasteiger partial charge in [0.05, 0.1) is 19.8 Å². The van der Waals surface area contributed by atoms with Crippen molar-refractivity contribution in [3.8, 4) is 0 Å². The van der Waals surface area contributed by atoms with Gasteiger partial charge in [0.1, 0.15) is 5.70 Å². The summed E-state index contributed by atoms with van der Waals surface area (Å²) in [5.41, 5.74) is 10.4. The molecule has 7 heteroatoms. The van der Waals surface area contributed by atoms with Crippen LogP contribution in [0.4, 0.5) is 0 Å². The van der Waals surface area contributed by atoms with Crippen molar-refractivity contribution < 1.29 is 23.8 Å². The van der Waals surface area contributed by atoms with Crippen LogP contribution < -0.4 is 5.32 Å². The fraction of sp³-hybridized carbons (Fsp3) is 0.333. The Morgan fingerprint density at radius 2 is 1.96 bits per heavy atom. The third-order valence-corrected chi connectivity index (χ3v) is 3.52. The topological polar surface area (TPSA) is 93.2 Å². The smallest absolute Gasteiger partial charge is 0.330 e. The monoisotopic (exact) mass is 343 g/mol. The normalized spacial score (nSPS) is 16.8. The Morgan fingerprint density at radius 3 is 2.52 bits per heavy atom. The summed E-state index contributed by atoms with van der Waals surface area (Å²) in [5, 5.41) is 2.80. The molecule has 0 aliphatic heterocycles. The Balaban J connectivity index is 2.46. The number of hydrogen-bond acceptors (Lipinski definition) is 4. The van der Waals surface area contributed by atoms with E-state index >= 15 is 0 Å². The number of ether oxygens (including phenoxy) is 3. The highest BCUT2D eigenvalue weighted by Gasteiger charge is 2.38. The Morgan fingerprint density at radius 1 is 1.24 bits per heavy atom. The van der Waals surface area contributed by atoms with Crippen molar-refractivity contribution >= 4 is 11.6 Å². The zero-order valence-corrected chi connectivity index (χ0v) is 14.5. The summed E-state index contributed by atoms with van der Waals surface area (Å²) < 4.78 is 16.6. The molecule has 1 N–H and O–H groups in total. The minimum absolute atomic E-state index is 0.217.